The van der Waals surface area contributed by atoms with E-state index in [9.17, 15) is 4.79 Å². The molecule has 0 aliphatic heterocycles. The van der Waals surface area contributed by atoms with Crippen molar-refractivity contribution in [2.45, 2.75) is 43.7 Å². The molecule has 2 aromatic carbocycles. The van der Waals surface area contributed by atoms with E-state index < -0.39 is 0 Å². The van der Waals surface area contributed by atoms with Gasteiger partial charge in [0, 0.05) is 16.6 Å². The maximum atomic E-state index is 12.3. The number of carbonyl (C=O) groups is 1. The average Bonchev–Trinajstić information content (AvgIpc) is 2.70. The van der Waals surface area contributed by atoms with Crippen LogP contribution in [0, 0.1) is 0 Å². The van der Waals surface area contributed by atoms with Crippen LogP contribution in [-0.4, -0.2) is 43.1 Å². The molecule has 0 spiro atoms. The number of rotatable bonds is 7. The Hall–Kier alpha value is -2.04. The molecule has 1 amide bonds. The smallest absolute Gasteiger partial charge is 0.258 e. The number of likely N-dealkylation sites (N-methyl/N-ethyl adjacent to an activating group) is 1. The summed E-state index contributed by atoms with van der Waals surface area (Å²) < 4.78 is 5.54. The number of amides is 1. The number of benzene rings is 2. The van der Waals surface area contributed by atoms with Crippen LogP contribution in [0.3, 0.4) is 0 Å². The highest BCUT2D eigenvalue weighted by Crippen LogP contribution is 2.35. The second kappa shape index (κ2) is 9.44. The van der Waals surface area contributed by atoms with Gasteiger partial charge in [-0.3, -0.25) is 4.79 Å². The van der Waals surface area contributed by atoms with Gasteiger partial charge in [0.05, 0.1) is 0 Å². The second-order valence-electron chi connectivity index (χ2n) is 7.87. The molecule has 1 aliphatic rings. The molecule has 0 atom stereocenters. The third kappa shape index (κ3) is 5.49. The first-order chi connectivity index (χ1) is 13.5. The zero-order chi connectivity index (χ0) is 20.0. The molecule has 2 aromatic rings. The zero-order valence-electron chi connectivity index (χ0n) is 16.7. The topological polar surface area (TPSA) is 41.6 Å². The molecule has 0 bridgehead atoms. The lowest BCUT2D eigenvalue weighted by Crippen LogP contribution is -2.52. The third-order valence-corrected chi connectivity index (χ3v) is 6.04. The minimum Gasteiger partial charge on any atom is -0.484 e. The van der Waals surface area contributed by atoms with E-state index in [2.05, 4.69) is 54.6 Å². The van der Waals surface area contributed by atoms with Crippen molar-refractivity contribution in [2.24, 2.45) is 0 Å². The van der Waals surface area contributed by atoms with Crippen molar-refractivity contribution in [3.63, 3.8) is 0 Å². The number of hydrogen-bond donors (Lipinski definition) is 1. The van der Waals surface area contributed by atoms with E-state index in [1.165, 1.54) is 5.56 Å². The largest absolute Gasteiger partial charge is 0.484 e. The summed E-state index contributed by atoms with van der Waals surface area (Å²) in [6, 6.07) is 17.9. The normalized spacial score (nSPS) is 22.1. The third-order valence-electron chi connectivity index (χ3n) is 5.79. The fraction of sp³-hybridized carbons (Fsp3) is 0.435. The van der Waals surface area contributed by atoms with Crippen LogP contribution in [0.15, 0.2) is 54.6 Å². The van der Waals surface area contributed by atoms with Crippen molar-refractivity contribution in [1.29, 1.82) is 0 Å². The van der Waals surface area contributed by atoms with Crippen molar-refractivity contribution in [2.75, 3.05) is 20.7 Å². The Labute approximate surface area is 172 Å². The monoisotopic (exact) mass is 400 g/mol. The molecule has 0 unspecified atom stereocenters. The maximum Gasteiger partial charge on any atom is 0.258 e. The van der Waals surface area contributed by atoms with Gasteiger partial charge in [0.1, 0.15) is 5.75 Å². The van der Waals surface area contributed by atoms with E-state index in [1.807, 2.05) is 0 Å². The standard InChI is InChI=1S/C23H29ClN2O2/c1-26(2)23(16-18-6-4-3-5-7-18)14-12-20(13-15-23)25-22(27)17-28-21-10-8-19(24)9-11-21/h3-11,20H,12-17H2,1-2H3,(H,25,27). The molecule has 1 saturated carbocycles. The Kier molecular flexibility index (Phi) is 6.97. The van der Waals surface area contributed by atoms with Crippen LogP contribution in [0.2, 0.25) is 5.02 Å². The lowest BCUT2D eigenvalue weighted by Gasteiger charge is -2.45. The molecular weight excluding hydrogens is 372 g/mol. The van der Waals surface area contributed by atoms with Gasteiger partial charge < -0.3 is 15.0 Å². The Morgan fingerprint density at radius 3 is 2.36 bits per heavy atom. The first-order valence-electron chi connectivity index (χ1n) is 9.86. The van der Waals surface area contributed by atoms with Gasteiger partial charge in [0.2, 0.25) is 0 Å². The fourth-order valence-corrected chi connectivity index (χ4v) is 4.13. The number of ether oxygens (including phenoxy) is 1. The first-order valence-corrected chi connectivity index (χ1v) is 10.2. The van der Waals surface area contributed by atoms with E-state index in [-0.39, 0.29) is 24.1 Å². The van der Waals surface area contributed by atoms with Gasteiger partial charge in [-0.1, -0.05) is 41.9 Å². The maximum absolute atomic E-state index is 12.3. The average molecular weight is 401 g/mol. The molecular formula is C23H29ClN2O2. The molecule has 0 heterocycles. The van der Waals surface area contributed by atoms with Crippen molar-refractivity contribution >= 4 is 17.5 Å². The van der Waals surface area contributed by atoms with E-state index in [0.29, 0.717) is 10.8 Å². The van der Waals surface area contributed by atoms with E-state index in [1.54, 1.807) is 24.3 Å². The number of carbonyl (C=O) groups excluding carboxylic acids is 1. The molecule has 0 saturated heterocycles. The van der Waals surface area contributed by atoms with Gasteiger partial charge in [-0.05, 0) is 76.0 Å². The quantitative estimate of drug-likeness (QED) is 0.752. The van der Waals surface area contributed by atoms with E-state index >= 15 is 0 Å². The van der Waals surface area contributed by atoms with Crippen LogP contribution < -0.4 is 10.1 Å². The summed E-state index contributed by atoms with van der Waals surface area (Å²) in [5.41, 5.74) is 1.53. The van der Waals surface area contributed by atoms with Crippen LogP contribution in [0.5, 0.6) is 5.75 Å². The van der Waals surface area contributed by atoms with E-state index in [0.717, 1.165) is 32.1 Å². The molecule has 28 heavy (non-hydrogen) atoms. The highest BCUT2D eigenvalue weighted by atomic mass is 35.5. The van der Waals surface area contributed by atoms with Gasteiger partial charge in [-0.25, -0.2) is 0 Å². The lowest BCUT2D eigenvalue weighted by atomic mass is 9.75. The van der Waals surface area contributed by atoms with Crippen molar-refractivity contribution < 1.29 is 9.53 Å². The van der Waals surface area contributed by atoms with E-state index in [4.69, 9.17) is 16.3 Å². The molecule has 4 nitrogen and oxygen atoms in total. The Morgan fingerprint density at radius 2 is 1.75 bits per heavy atom. The molecule has 0 aromatic heterocycles. The highest BCUT2D eigenvalue weighted by Gasteiger charge is 2.37. The fourth-order valence-electron chi connectivity index (χ4n) is 4.01. The SMILES string of the molecule is CN(C)C1(Cc2ccccc2)CCC(NC(=O)COc2ccc(Cl)cc2)CC1. The van der Waals surface area contributed by atoms with Gasteiger partial charge in [0.25, 0.3) is 5.91 Å². The van der Waals surface area contributed by atoms with Crippen molar-refractivity contribution in [3.05, 3.63) is 65.2 Å². The summed E-state index contributed by atoms with van der Waals surface area (Å²) >= 11 is 5.86. The number of halogens is 1. The molecule has 3 rings (SSSR count). The van der Waals surface area contributed by atoms with Crippen LogP contribution in [0.4, 0.5) is 0 Å². The van der Waals surface area contributed by atoms with Crippen molar-refractivity contribution in [3.8, 4) is 5.75 Å². The van der Waals surface area contributed by atoms with Crippen LogP contribution in [-0.2, 0) is 11.2 Å². The summed E-state index contributed by atoms with van der Waals surface area (Å²) in [4.78, 5) is 14.6. The molecule has 1 fully saturated rings. The van der Waals surface area contributed by atoms with Crippen LogP contribution in [0.25, 0.3) is 0 Å². The Morgan fingerprint density at radius 1 is 1.11 bits per heavy atom. The minimum atomic E-state index is -0.0691. The predicted molar refractivity (Wildman–Crippen MR) is 114 cm³/mol. The summed E-state index contributed by atoms with van der Waals surface area (Å²) in [6.45, 7) is 0.0287. The van der Waals surface area contributed by atoms with Gasteiger partial charge >= 0.3 is 0 Å². The van der Waals surface area contributed by atoms with Gasteiger partial charge in [0.15, 0.2) is 6.61 Å². The number of nitrogens with zero attached hydrogens (tertiary/aromatic N) is 1. The first kappa shape index (κ1) is 20.7. The lowest BCUT2D eigenvalue weighted by molar-refractivity contribution is -0.124. The van der Waals surface area contributed by atoms with Crippen LogP contribution in [0.1, 0.15) is 31.2 Å². The molecule has 150 valence electrons. The summed E-state index contributed by atoms with van der Waals surface area (Å²) in [5, 5.41) is 3.78. The summed E-state index contributed by atoms with van der Waals surface area (Å²) in [7, 11) is 4.34. The second-order valence-corrected chi connectivity index (χ2v) is 8.30. The summed E-state index contributed by atoms with van der Waals surface area (Å²) in [6.07, 6.45) is 5.15. The van der Waals surface area contributed by atoms with Crippen molar-refractivity contribution in [1.82, 2.24) is 10.2 Å². The summed E-state index contributed by atoms with van der Waals surface area (Å²) in [5.74, 6) is 0.582. The predicted octanol–water partition coefficient (Wildman–Crippen LogP) is 4.32. The molecule has 1 N–H and O–H groups in total. The molecule has 0 radical (unpaired) electrons. The Balaban J connectivity index is 1.49. The highest BCUT2D eigenvalue weighted by molar-refractivity contribution is 6.30. The van der Waals surface area contributed by atoms with Gasteiger partial charge in [-0.2, -0.15) is 0 Å². The zero-order valence-corrected chi connectivity index (χ0v) is 17.4. The molecule has 1 aliphatic carbocycles. The van der Waals surface area contributed by atoms with Crippen LogP contribution >= 0.6 is 11.6 Å². The minimum absolute atomic E-state index is 0.0287. The Bertz CT molecular complexity index is 754. The van der Waals surface area contributed by atoms with Gasteiger partial charge in [-0.15, -0.1) is 0 Å². The number of nitrogens with one attached hydrogen (secondary N) is 1. The molecule has 5 heteroatoms. The number of hydrogen-bond acceptors (Lipinski definition) is 3.